The molecule has 1 unspecified atom stereocenters. The van der Waals surface area contributed by atoms with Crippen molar-refractivity contribution in [2.45, 2.75) is 18.9 Å². The van der Waals surface area contributed by atoms with Crippen molar-refractivity contribution < 1.29 is 24.9 Å². The third kappa shape index (κ3) is 2.75. The largest absolute Gasteiger partial charge is 0.508 e. The topological polar surface area (TPSA) is 87.0 Å². The van der Waals surface area contributed by atoms with E-state index in [0.717, 1.165) is 0 Å². The van der Waals surface area contributed by atoms with Crippen LogP contribution in [0.5, 0.6) is 5.75 Å². The van der Waals surface area contributed by atoms with Crippen LogP contribution in [-0.2, 0) is 15.1 Å². The highest BCUT2D eigenvalue weighted by molar-refractivity contribution is 5.79. The average molecular weight is 240 g/mol. The molecule has 0 aliphatic carbocycles. The fraction of sp³-hybridized carbons (Fsp3) is 0.417. The van der Waals surface area contributed by atoms with Crippen molar-refractivity contribution in [3.63, 3.8) is 0 Å². The molecular formula is C12H16O5. The average Bonchev–Trinajstić information content (AvgIpc) is 2.32. The zero-order valence-electron chi connectivity index (χ0n) is 9.59. The van der Waals surface area contributed by atoms with E-state index in [1.165, 1.54) is 24.3 Å². The van der Waals surface area contributed by atoms with Gasteiger partial charge in [0.15, 0.2) is 5.60 Å². The Labute approximate surface area is 99.3 Å². The third-order valence-electron chi connectivity index (χ3n) is 2.62. The Bertz CT molecular complexity index is 373. The molecule has 94 valence electrons. The van der Waals surface area contributed by atoms with E-state index in [4.69, 9.17) is 9.84 Å². The maximum absolute atomic E-state index is 11.4. The van der Waals surface area contributed by atoms with Gasteiger partial charge in [0.1, 0.15) is 5.75 Å². The first-order valence-electron chi connectivity index (χ1n) is 5.34. The molecule has 17 heavy (non-hydrogen) atoms. The molecule has 5 heteroatoms. The van der Waals surface area contributed by atoms with Gasteiger partial charge in [0, 0.05) is 0 Å². The second kappa shape index (κ2) is 5.65. The molecular weight excluding hydrogens is 224 g/mol. The molecule has 1 aromatic carbocycles. The number of hydrogen-bond donors (Lipinski definition) is 3. The van der Waals surface area contributed by atoms with Gasteiger partial charge in [-0.3, -0.25) is 0 Å². The molecule has 0 spiro atoms. The number of aliphatic hydroxyl groups excluding tert-OH is 1. The van der Waals surface area contributed by atoms with Crippen molar-refractivity contribution in [3.05, 3.63) is 29.8 Å². The van der Waals surface area contributed by atoms with Gasteiger partial charge in [-0.25, -0.2) is 4.79 Å². The SMILES string of the molecule is CCC(OCCO)(C(=O)O)c1ccc(O)cc1. The summed E-state index contributed by atoms with van der Waals surface area (Å²) in [7, 11) is 0. The smallest absolute Gasteiger partial charge is 0.340 e. The standard InChI is InChI=1S/C12H16O5/c1-2-12(11(15)16,17-8-7-13)9-3-5-10(14)6-4-9/h3-6,13-14H,2,7-8H2,1H3,(H,15,16). The lowest BCUT2D eigenvalue weighted by Crippen LogP contribution is -2.39. The van der Waals surface area contributed by atoms with Gasteiger partial charge >= 0.3 is 5.97 Å². The number of aliphatic hydroxyl groups is 1. The minimum atomic E-state index is -1.48. The number of benzene rings is 1. The van der Waals surface area contributed by atoms with Crippen LogP contribution in [0.2, 0.25) is 0 Å². The molecule has 1 aromatic rings. The zero-order chi connectivity index (χ0) is 12.9. The van der Waals surface area contributed by atoms with E-state index in [9.17, 15) is 15.0 Å². The molecule has 3 N–H and O–H groups in total. The number of rotatable bonds is 6. The van der Waals surface area contributed by atoms with Crippen LogP contribution in [0.25, 0.3) is 0 Å². The first-order chi connectivity index (χ1) is 8.06. The van der Waals surface area contributed by atoms with Gasteiger partial charge in [-0.05, 0) is 24.1 Å². The van der Waals surface area contributed by atoms with Crippen LogP contribution >= 0.6 is 0 Å². The van der Waals surface area contributed by atoms with Gasteiger partial charge in [-0.2, -0.15) is 0 Å². The minimum Gasteiger partial charge on any atom is -0.508 e. The van der Waals surface area contributed by atoms with E-state index < -0.39 is 11.6 Å². The second-order valence-corrected chi connectivity index (χ2v) is 3.60. The van der Waals surface area contributed by atoms with E-state index in [0.29, 0.717) is 5.56 Å². The molecule has 5 nitrogen and oxygen atoms in total. The number of phenolic OH excluding ortho intramolecular Hbond substituents is 1. The first kappa shape index (κ1) is 13.5. The fourth-order valence-corrected chi connectivity index (χ4v) is 1.68. The summed E-state index contributed by atoms with van der Waals surface area (Å²) in [6.45, 7) is 1.40. The van der Waals surface area contributed by atoms with Gasteiger partial charge in [-0.1, -0.05) is 19.1 Å². The molecule has 0 aliphatic rings. The number of carboxylic acids is 1. The van der Waals surface area contributed by atoms with Crippen molar-refractivity contribution >= 4 is 5.97 Å². The zero-order valence-corrected chi connectivity index (χ0v) is 9.59. The summed E-state index contributed by atoms with van der Waals surface area (Å²) in [5, 5.41) is 27.2. The molecule has 1 rings (SSSR count). The normalized spacial score (nSPS) is 14.2. The van der Waals surface area contributed by atoms with Crippen molar-refractivity contribution in [1.82, 2.24) is 0 Å². The number of carbonyl (C=O) groups is 1. The van der Waals surface area contributed by atoms with E-state index in [-0.39, 0.29) is 25.4 Å². The molecule has 0 aliphatic heterocycles. The van der Waals surface area contributed by atoms with E-state index in [1.54, 1.807) is 6.92 Å². The lowest BCUT2D eigenvalue weighted by atomic mass is 9.91. The van der Waals surface area contributed by atoms with E-state index in [2.05, 4.69) is 0 Å². The van der Waals surface area contributed by atoms with Crippen LogP contribution < -0.4 is 0 Å². The number of phenols is 1. The number of carboxylic acid groups (broad SMARTS) is 1. The Morgan fingerprint density at radius 3 is 2.35 bits per heavy atom. The molecule has 0 saturated carbocycles. The second-order valence-electron chi connectivity index (χ2n) is 3.60. The van der Waals surface area contributed by atoms with Gasteiger partial charge in [0.25, 0.3) is 0 Å². The summed E-state index contributed by atoms with van der Waals surface area (Å²) in [6.07, 6.45) is 0.229. The summed E-state index contributed by atoms with van der Waals surface area (Å²) in [4.78, 5) is 11.4. The van der Waals surface area contributed by atoms with Crippen molar-refractivity contribution in [3.8, 4) is 5.75 Å². The third-order valence-corrected chi connectivity index (χ3v) is 2.62. The van der Waals surface area contributed by atoms with Crippen LogP contribution in [0.15, 0.2) is 24.3 Å². The maximum atomic E-state index is 11.4. The van der Waals surface area contributed by atoms with Crippen LogP contribution in [0.1, 0.15) is 18.9 Å². The van der Waals surface area contributed by atoms with Gasteiger partial charge in [-0.15, -0.1) is 0 Å². The van der Waals surface area contributed by atoms with Crippen LogP contribution in [0.4, 0.5) is 0 Å². The van der Waals surface area contributed by atoms with Crippen LogP contribution in [-0.4, -0.2) is 34.5 Å². The number of hydrogen-bond acceptors (Lipinski definition) is 4. The number of ether oxygens (including phenoxy) is 1. The molecule has 0 saturated heterocycles. The Balaban J connectivity index is 3.12. The predicted octanol–water partition coefficient (Wildman–Crippen LogP) is 1.09. The summed E-state index contributed by atoms with van der Waals surface area (Å²) < 4.78 is 5.28. The summed E-state index contributed by atoms with van der Waals surface area (Å²) in [6, 6.07) is 5.82. The highest BCUT2D eigenvalue weighted by atomic mass is 16.5. The predicted molar refractivity (Wildman–Crippen MR) is 60.7 cm³/mol. The first-order valence-corrected chi connectivity index (χ1v) is 5.34. The fourth-order valence-electron chi connectivity index (χ4n) is 1.68. The minimum absolute atomic E-state index is 0.0545. The Morgan fingerprint density at radius 1 is 1.35 bits per heavy atom. The monoisotopic (exact) mass is 240 g/mol. The van der Waals surface area contributed by atoms with Crippen LogP contribution in [0, 0.1) is 0 Å². The van der Waals surface area contributed by atoms with E-state index in [1.807, 2.05) is 0 Å². The molecule has 0 fully saturated rings. The van der Waals surface area contributed by atoms with E-state index >= 15 is 0 Å². The lowest BCUT2D eigenvalue weighted by Gasteiger charge is -2.28. The van der Waals surface area contributed by atoms with Crippen molar-refractivity contribution in [2.75, 3.05) is 13.2 Å². The highest BCUT2D eigenvalue weighted by Gasteiger charge is 2.39. The van der Waals surface area contributed by atoms with Crippen molar-refractivity contribution in [1.29, 1.82) is 0 Å². The molecule has 1 atom stereocenters. The Morgan fingerprint density at radius 2 is 1.94 bits per heavy atom. The van der Waals surface area contributed by atoms with Gasteiger partial charge in [0.2, 0.25) is 0 Å². The summed E-state index contributed by atoms with van der Waals surface area (Å²) in [5.74, 6) is -1.05. The highest BCUT2D eigenvalue weighted by Crippen LogP contribution is 2.31. The summed E-state index contributed by atoms with van der Waals surface area (Å²) in [5.41, 5.74) is -1.03. The molecule has 0 bridgehead atoms. The molecule has 0 radical (unpaired) electrons. The lowest BCUT2D eigenvalue weighted by molar-refractivity contribution is -0.169. The maximum Gasteiger partial charge on any atom is 0.340 e. The Hall–Kier alpha value is -1.59. The van der Waals surface area contributed by atoms with Gasteiger partial charge < -0.3 is 20.1 Å². The van der Waals surface area contributed by atoms with Gasteiger partial charge in [0.05, 0.1) is 13.2 Å². The molecule has 0 aromatic heterocycles. The number of aliphatic carboxylic acids is 1. The molecule has 0 heterocycles. The molecule has 0 amide bonds. The number of aromatic hydroxyl groups is 1. The van der Waals surface area contributed by atoms with Crippen molar-refractivity contribution in [2.24, 2.45) is 0 Å². The van der Waals surface area contributed by atoms with Crippen LogP contribution in [0.3, 0.4) is 0 Å². The quantitative estimate of drug-likeness (QED) is 0.693. The summed E-state index contributed by atoms with van der Waals surface area (Å²) >= 11 is 0. The Kier molecular flexibility index (Phi) is 4.48.